The summed E-state index contributed by atoms with van der Waals surface area (Å²) in [6.07, 6.45) is 6.78. The second kappa shape index (κ2) is 7.88. The Morgan fingerprint density at radius 3 is 2.56 bits per heavy atom. The summed E-state index contributed by atoms with van der Waals surface area (Å²) in [5.41, 5.74) is 4.21. The number of benzene rings is 1. The molecule has 3 aromatic rings. The van der Waals surface area contributed by atoms with Gasteiger partial charge >= 0.3 is 0 Å². The van der Waals surface area contributed by atoms with Crippen LogP contribution in [0.1, 0.15) is 24.9 Å². The zero-order chi connectivity index (χ0) is 18.6. The summed E-state index contributed by atoms with van der Waals surface area (Å²) in [6.45, 7) is 6.07. The fourth-order valence-corrected chi connectivity index (χ4v) is 3.90. The standard InChI is InChI=1S/C21H24FN5/c1-2-19(17-14-24-25-15-17)26-10-12-27(13-11-26)20-4-3-9-23-21(20)16-5-7-18(22)8-6-16/h3-9,14-15,19H,2,10-13H2,1H3,(H,24,25). The van der Waals surface area contributed by atoms with Crippen LogP contribution in [0.4, 0.5) is 10.1 Å². The summed E-state index contributed by atoms with van der Waals surface area (Å²) in [4.78, 5) is 9.48. The molecule has 1 aliphatic heterocycles. The number of nitrogens with zero attached hydrogens (tertiary/aromatic N) is 4. The predicted octanol–water partition coefficient (Wildman–Crippen LogP) is 3.88. The minimum absolute atomic E-state index is 0.227. The Hall–Kier alpha value is -2.73. The van der Waals surface area contributed by atoms with Gasteiger partial charge < -0.3 is 4.90 Å². The van der Waals surface area contributed by atoms with Crippen molar-refractivity contribution in [1.29, 1.82) is 0 Å². The summed E-state index contributed by atoms with van der Waals surface area (Å²) in [6, 6.07) is 11.0. The monoisotopic (exact) mass is 365 g/mol. The van der Waals surface area contributed by atoms with Crippen LogP contribution in [-0.2, 0) is 0 Å². The molecular weight excluding hydrogens is 341 g/mol. The van der Waals surface area contributed by atoms with Crippen LogP contribution in [0.25, 0.3) is 11.3 Å². The number of H-pyrrole nitrogens is 1. The van der Waals surface area contributed by atoms with Crippen LogP contribution in [0, 0.1) is 5.82 Å². The highest BCUT2D eigenvalue weighted by atomic mass is 19.1. The molecule has 1 atom stereocenters. The van der Waals surface area contributed by atoms with Crippen LogP contribution >= 0.6 is 0 Å². The molecular formula is C21H24FN5. The lowest BCUT2D eigenvalue weighted by atomic mass is 10.0. The zero-order valence-electron chi connectivity index (χ0n) is 15.5. The molecule has 1 fully saturated rings. The predicted molar refractivity (Wildman–Crippen MR) is 105 cm³/mol. The second-order valence-electron chi connectivity index (χ2n) is 6.86. The van der Waals surface area contributed by atoms with E-state index in [1.807, 2.05) is 18.5 Å². The van der Waals surface area contributed by atoms with Gasteiger partial charge in [0.05, 0.1) is 17.6 Å². The van der Waals surface area contributed by atoms with Crippen molar-refractivity contribution in [2.45, 2.75) is 19.4 Å². The molecule has 1 unspecified atom stereocenters. The van der Waals surface area contributed by atoms with Gasteiger partial charge in [0.25, 0.3) is 0 Å². The third-order valence-corrected chi connectivity index (χ3v) is 5.29. The number of anilines is 1. The Bertz CT molecular complexity index is 855. The van der Waals surface area contributed by atoms with Gasteiger partial charge in [0.2, 0.25) is 0 Å². The molecule has 0 spiro atoms. The fraction of sp³-hybridized carbons (Fsp3) is 0.333. The lowest BCUT2D eigenvalue weighted by Gasteiger charge is -2.40. The van der Waals surface area contributed by atoms with Gasteiger partial charge in [0.15, 0.2) is 0 Å². The molecule has 5 nitrogen and oxygen atoms in total. The first kappa shape index (κ1) is 17.7. The van der Waals surface area contributed by atoms with E-state index in [-0.39, 0.29) is 5.82 Å². The van der Waals surface area contributed by atoms with Crippen LogP contribution in [-0.4, -0.2) is 46.3 Å². The number of hydrogen-bond donors (Lipinski definition) is 1. The summed E-state index contributed by atoms with van der Waals surface area (Å²) < 4.78 is 13.3. The SMILES string of the molecule is CCC(c1cn[nH]c1)N1CCN(c2cccnc2-c2ccc(F)cc2)CC1. The number of piperazine rings is 1. The number of pyridine rings is 1. The molecule has 1 aromatic carbocycles. The van der Waals surface area contributed by atoms with Crippen molar-refractivity contribution in [2.75, 3.05) is 31.1 Å². The van der Waals surface area contributed by atoms with Gasteiger partial charge in [0, 0.05) is 55.7 Å². The molecule has 1 N–H and O–H groups in total. The summed E-state index contributed by atoms with van der Waals surface area (Å²) in [5, 5.41) is 7.03. The topological polar surface area (TPSA) is 48.1 Å². The van der Waals surface area contributed by atoms with Gasteiger partial charge in [-0.05, 0) is 42.8 Å². The molecule has 0 aliphatic carbocycles. The fourth-order valence-electron chi connectivity index (χ4n) is 3.90. The average molecular weight is 365 g/mol. The first-order chi connectivity index (χ1) is 13.3. The van der Waals surface area contributed by atoms with E-state index in [0.29, 0.717) is 6.04 Å². The maximum atomic E-state index is 13.3. The molecule has 1 saturated heterocycles. The Kier molecular flexibility index (Phi) is 5.16. The normalized spacial score (nSPS) is 16.4. The molecule has 4 rings (SSSR count). The van der Waals surface area contributed by atoms with Gasteiger partial charge in [-0.3, -0.25) is 15.0 Å². The number of nitrogens with one attached hydrogen (secondary N) is 1. The Morgan fingerprint density at radius 2 is 1.89 bits per heavy atom. The number of rotatable bonds is 5. The number of hydrogen-bond acceptors (Lipinski definition) is 4. The van der Waals surface area contributed by atoms with E-state index in [9.17, 15) is 4.39 Å². The molecule has 0 saturated carbocycles. The van der Waals surface area contributed by atoms with Crippen molar-refractivity contribution in [3.63, 3.8) is 0 Å². The van der Waals surface area contributed by atoms with Gasteiger partial charge in [-0.2, -0.15) is 5.10 Å². The smallest absolute Gasteiger partial charge is 0.123 e. The quantitative estimate of drug-likeness (QED) is 0.745. The zero-order valence-corrected chi connectivity index (χ0v) is 15.5. The molecule has 0 amide bonds. The van der Waals surface area contributed by atoms with Gasteiger partial charge in [-0.15, -0.1) is 0 Å². The highest BCUT2D eigenvalue weighted by Gasteiger charge is 2.25. The minimum atomic E-state index is -0.227. The first-order valence-corrected chi connectivity index (χ1v) is 9.45. The van der Waals surface area contributed by atoms with Crippen molar-refractivity contribution >= 4 is 5.69 Å². The highest BCUT2D eigenvalue weighted by Crippen LogP contribution is 2.31. The maximum absolute atomic E-state index is 13.3. The third-order valence-electron chi connectivity index (χ3n) is 5.29. The summed E-state index contributed by atoms with van der Waals surface area (Å²) in [5.74, 6) is -0.227. The highest BCUT2D eigenvalue weighted by molar-refractivity contribution is 5.75. The van der Waals surface area contributed by atoms with Crippen LogP contribution in [0.5, 0.6) is 0 Å². The Morgan fingerprint density at radius 1 is 1.11 bits per heavy atom. The van der Waals surface area contributed by atoms with Crippen molar-refractivity contribution in [3.05, 3.63) is 66.4 Å². The molecule has 0 radical (unpaired) electrons. The first-order valence-electron chi connectivity index (χ1n) is 9.45. The number of halogens is 1. The van der Waals surface area contributed by atoms with E-state index in [1.54, 1.807) is 18.3 Å². The minimum Gasteiger partial charge on any atom is -0.367 e. The lowest BCUT2D eigenvalue weighted by Crippen LogP contribution is -2.47. The molecule has 0 bridgehead atoms. The number of aromatic amines is 1. The molecule has 2 aromatic heterocycles. The van der Waals surface area contributed by atoms with Crippen LogP contribution in [0.15, 0.2) is 55.0 Å². The molecule has 27 heavy (non-hydrogen) atoms. The molecule has 6 heteroatoms. The lowest BCUT2D eigenvalue weighted by molar-refractivity contribution is 0.181. The van der Waals surface area contributed by atoms with Crippen molar-refractivity contribution in [1.82, 2.24) is 20.1 Å². The largest absolute Gasteiger partial charge is 0.367 e. The molecule has 140 valence electrons. The van der Waals surface area contributed by atoms with Crippen LogP contribution in [0.3, 0.4) is 0 Å². The van der Waals surface area contributed by atoms with Crippen LogP contribution < -0.4 is 4.90 Å². The van der Waals surface area contributed by atoms with Gasteiger partial charge in [0.1, 0.15) is 5.82 Å². The van der Waals surface area contributed by atoms with E-state index in [2.05, 4.69) is 38.0 Å². The van der Waals surface area contributed by atoms with Crippen molar-refractivity contribution in [3.8, 4) is 11.3 Å². The van der Waals surface area contributed by atoms with Gasteiger partial charge in [-0.1, -0.05) is 6.92 Å². The van der Waals surface area contributed by atoms with Crippen molar-refractivity contribution in [2.24, 2.45) is 0 Å². The molecule has 3 heterocycles. The van der Waals surface area contributed by atoms with E-state index in [4.69, 9.17) is 0 Å². The van der Waals surface area contributed by atoms with Crippen LogP contribution in [0.2, 0.25) is 0 Å². The third kappa shape index (κ3) is 3.71. The molecule has 1 aliphatic rings. The Balaban J connectivity index is 1.51. The maximum Gasteiger partial charge on any atom is 0.123 e. The van der Waals surface area contributed by atoms with E-state index >= 15 is 0 Å². The number of aromatic nitrogens is 3. The Labute approximate surface area is 158 Å². The van der Waals surface area contributed by atoms with E-state index in [1.165, 1.54) is 17.7 Å². The van der Waals surface area contributed by atoms with Crippen molar-refractivity contribution < 1.29 is 4.39 Å². The summed E-state index contributed by atoms with van der Waals surface area (Å²) >= 11 is 0. The average Bonchev–Trinajstić information content (AvgIpc) is 3.24. The van der Waals surface area contributed by atoms with E-state index in [0.717, 1.165) is 49.5 Å². The van der Waals surface area contributed by atoms with Gasteiger partial charge in [-0.25, -0.2) is 4.39 Å². The summed E-state index contributed by atoms with van der Waals surface area (Å²) in [7, 11) is 0. The van der Waals surface area contributed by atoms with E-state index < -0.39 is 0 Å². The second-order valence-corrected chi connectivity index (χ2v) is 6.86.